The van der Waals surface area contributed by atoms with Gasteiger partial charge in [0.15, 0.2) is 9.84 Å². The molecule has 1 aromatic rings. The van der Waals surface area contributed by atoms with Crippen molar-refractivity contribution >= 4 is 39.0 Å². The highest BCUT2D eigenvalue weighted by Crippen LogP contribution is 2.27. The molecule has 0 radical (unpaired) electrons. The van der Waals surface area contributed by atoms with Crippen LogP contribution in [0.25, 0.3) is 0 Å². The van der Waals surface area contributed by atoms with Gasteiger partial charge in [-0.25, -0.2) is 18.4 Å². The summed E-state index contributed by atoms with van der Waals surface area (Å²) in [5.41, 5.74) is 0. The highest BCUT2D eigenvalue weighted by molar-refractivity contribution is 8.01. The molecule has 1 aromatic heterocycles. The van der Waals surface area contributed by atoms with E-state index in [0.717, 1.165) is 5.75 Å². The summed E-state index contributed by atoms with van der Waals surface area (Å²) in [5, 5.41) is -0.167. The maximum absolute atomic E-state index is 12.2. The molecule has 1 saturated heterocycles. The predicted molar refractivity (Wildman–Crippen MR) is 84.3 cm³/mol. The molecular formula is C12H18ClN3O2S2. The number of nitrogens with zero attached hydrogens (tertiary/aromatic N) is 3. The number of halogens is 1. The summed E-state index contributed by atoms with van der Waals surface area (Å²) in [4.78, 5) is 10.4. The van der Waals surface area contributed by atoms with E-state index in [1.54, 1.807) is 24.8 Å². The monoisotopic (exact) mass is 335 g/mol. The van der Waals surface area contributed by atoms with E-state index in [1.165, 1.54) is 0 Å². The van der Waals surface area contributed by atoms with Crippen molar-refractivity contribution in [2.24, 2.45) is 0 Å². The zero-order chi connectivity index (χ0) is 14.8. The average molecular weight is 336 g/mol. The number of anilines is 1. The lowest BCUT2D eigenvalue weighted by Crippen LogP contribution is -2.48. The maximum Gasteiger partial charge on any atom is 0.171 e. The molecule has 20 heavy (non-hydrogen) atoms. The van der Waals surface area contributed by atoms with Gasteiger partial charge in [-0.1, -0.05) is 25.4 Å². The zero-order valence-corrected chi connectivity index (χ0v) is 13.9. The molecule has 112 valence electrons. The maximum atomic E-state index is 12.2. The minimum Gasteiger partial charge on any atom is -0.338 e. The number of aromatic nitrogens is 2. The number of rotatable bonds is 4. The van der Waals surface area contributed by atoms with Gasteiger partial charge in [0.25, 0.3) is 0 Å². The molecular weight excluding hydrogens is 318 g/mol. The normalized spacial score (nSPS) is 20.1. The summed E-state index contributed by atoms with van der Waals surface area (Å²) in [6.45, 7) is 4.28. The van der Waals surface area contributed by atoms with E-state index in [2.05, 4.69) is 9.97 Å². The molecule has 0 bridgehead atoms. The van der Waals surface area contributed by atoms with E-state index in [1.807, 2.05) is 11.8 Å². The van der Waals surface area contributed by atoms with E-state index in [0.29, 0.717) is 35.5 Å². The van der Waals surface area contributed by atoms with Crippen LogP contribution in [0.3, 0.4) is 0 Å². The van der Waals surface area contributed by atoms with Gasteiger partial charge in [-0.05, 0) is 0 Å². The van der Waals surface area contributed by atoms with Crippen LogP contribution in [0.5, 0.6) is 0 Å². The first-order chi connectivity index (χ1) is 9.47. The Morgan fingerprint density at radius 1 is 1.45 bits per heavy atom. The Hall–Kier alpha value is -0.530. The molecule has 8 heteroatoms. The molecule has 1 atom stereocenters. The van der Waals surface area contributed by atoms with Crippen LogP contribution in [0, 0.1) is 0 Å². The number of thioether (sulfide) groups is 1. The van der Waals surface area contributed by atoms with E-state index in [9.17, 15) is 8.42 Å². The molecule has 1 aliphatic rings. The summed E-state index contributed by atoms with van der Waals surface area (Å²) in [7, 11) is -3.15. The molecule has 0 saturated carbocycles. The minimum absolute atomic E-state index is 0.133. The number of hydrogen-bond donors (Lipinski definition) is 0. The lowest BCUT2D eigenvalue weighted by Gasteiger charge is -2.35. The summed E-state index contributed by atoms with van der Waals surface area (Å²) in [5.74, 6) is 2.84. The van der Waals surface area contributed by atoms with Crippen LogP contribution in [0.4, 0.5) is 5.82 Å². The van der Waals surface area contributed by atoms with Crippen molar-refractivity contribution in [3.8, 4) is 0 Å². The Morgan fingerprint density at radius 3 is 2.85 bits per heavy atom. The van der Waals surface area contributed by atoms with Gasteiger partial charge >= 0.3 is 0 Å². The molecule has 2 rings (SSSR count). The van der Waals surface area contributed by atoms with Crippen molar-refractivity contribution in [1.82, 2.24) is 9.97 Å². The first kappa shape index (κ1) is 15.9. The third-order valence-electron chi connectivity index (χ3n) is 3.24. The van der Waals surface area contributed by atoms with E-state index in [-0.39, 0.29) is 5.75 Å². The third-order valence-corrected chi connectivity index (χ3v) is 6.72. The van der Waals surface area contributed by atoms with Crippen LogP contribution in [0.2, 0.25) is 5.15 Å². The molecule has 1 unspecified atom stereocenters. The van der Waals surface area contributed by atoms with Crippen molar-refractivity contribution in [3.05, 3.63) is 17.0 Å². The fourth-order valence-electron chi connectivity index (χ4n) is 2.09. The van der Waals surface area contributed by atoms with Gasteiger partial charge in [0.2, 0.25) is 0 Å². The van der Waals surface area contributed by atoms with Gasteiger partial charge < -0.3 is 4.90 Å². The quantitative estimate of drug-likeness (QED) is 0.784. The molecule has 1 fully saturated rings. The largest absolute Gasteiger partial charge is 0.338 e. The Balaban J connectivity index is 2.40. The third kappa shape index (κ3) is 3.38. The topological polar surface area (TPSA) is 63.2 Å². The standard InChI is InChI=1S/C12H18ClN3O2S2/c1-3-10-14-9(13)7-11(15-10)16-5-6-19-8-12(16)20(17,18)4-2/h7,12H,3-6,8H2,1-2H3. The van der Waals surface area contributed by atoms with Gasteiger partial charge in [0.05, 0.1) is 0 Å². The molecule has 0 N–H and O–H groups in total. The summed E-state index contributed by atoms with van der Waals surface area (Å²) >= 11 is 7.67. The highest BCUT2D eigenvalue weighted by Gasteiger charge is 2.33. The minimum atomic E-state index is -3.15. The molecule has 0 spiro atoms. The fraction of sp³-hybridized carbons (Fsp3) is 0.667. The number of hydrogen-bond acceptors (Lipinski definition) is 6. The molecule has 0 aromatic carbocycles. The molecule has 2 heterocycles. The van der Waals surface area contributed by atoms with Crippen molar-refractivity contribution in [2.75, 3.05) is 28.7 Å². The van der Waals surface area contributed by atoms with Crippen molar-refractivity contribution in [3.63, 3.8) is 0 Å². The van der Waals surface area contributed by atoms with E-state index >= 15 is 0 Å². The van der Waals surface area contributed by atoms with E-state index in [4.69, 9.17) is 11.6 Å². The Bertz CT molecular complexity index is 580. The van der Waals surface area contributed by atoms with Gasteiger partial charge in [-0.2, -0.15) is 11.8 Å². The van der Waals surface area contributed by atoms with Gasteiger partial charge in [-0.3, -0.25) is 0 Å². The Kier molecular flexibility index (Phi) is 5.14. The molecule has 0 amide bonds. The molecule has 0 aliphatic carbocycles. The lowest BCUT2D eigenvalue weighted by molar-refractivity contribution is 0.578. The predicted octanol–water partition coefficient (Wildman–Crippen LogP) is 2.01. The first-order valence-corrected chi connectivity index (χ1v) is 9.82. The van der Waals surface area contributed by atoms with Gasteiger partial charge in [-0.15, -0.1) is 0 Å². The van der Waals surface area contributed by atoms with Crippen LogP contribution < -0.4 is 4.90 Å². The van der Waals surface area contributed by atoms with Crippen LogP contribution in [-0.2, 0) is 16.3 Å². The number of sulfone groups is 1. The van der Waals surface area contributed by atoms with Crippen LogP contribution >= 0.6 is 23.4 Å². The van der Waals surface area contributed by atoms with Crippen molar-refractivity contribution in [2.45, 2.75) is 25.6 Å². The Morgan fingerprint density at radius 2 is 2.20 bits per heavy atom. The second-order valence-corrected chi connectivity index (χ2v) is 8.48. The highest BCUT2D eigenvalue weighted by atomic mass is 35.5. The smallest absolute Gasteiger partial charge is 0.171 e. The van der Waals surface area contributed by atoms with Gasteiger partial charge in [0, 0.05) is 36.3 Å². The first-order valence-electron chi connectivity index (χ1n) is 6.57. The number of aryl methyl sites for hydroxylation is 1. The summed E-state index contributed by atoms with van der Waals surface area (Å²) in [6.07, 6.45) is 0.668. The fourth-order valence-corrected chi connectivity index (χ4v) is 5.26. The lowest BCUT2D eigenvalue weighted by atomic mass is 10.4. The van der Waals surface area contributed by atoms with Crippen LogP contribution in [-0.4, -0.2) is 47.6 Å². The zero-order valence-electron chi connectivity index (χ0n) is 11.5. The van der Waals surface area contributed by atoms with Gasteiger partial charge in [0.1, 0.15) is 22.2 Å². The van der Waals surface area contributed by atoms with E-state index < -0.39 is 15.2 Å². The summed E-state index contributed by atoms with van der Waals surface area (Å²) in [6, 6.07) is 1.65. The van der Waals surface area contributed by atoms with Crippen LogP contribution in [0.1, 0.15) is 19.7 Å². The Labute approximate surface area is 129 Å². The second kappa shape index (κ2) is 6.49. The van der Waals surface area contributed by atoms with Crippen molar-refractivity contribution < 1.29 is 8.42 Å². The van der Waals surface area contributed by atoms with Crippen molar-refractivity contribution in [1.29, 1.82) is 0 Å². The second-order valence-electron chi connectivity index (χ2n) is 4.49. The summed E-state index contributed by atoms with van der Waals surface area (Å²) < 4.78 is 24.5. The average Bonchev–Trinajstić information content (AvgIpc) is 2.46. The molecule has 5 nitrogen and oxygen atoms in total. The van der Waals surface area contributed by atoms with Crippen LogP contribution in [0.15, 0.2) is 6.07 Å². The molecule has 1 aliphatic heterocycles. The SMILES string of the molecule is CCc1nc(Cl)cc(N2CCSCC2S(=O)(=O)CC)n1.